The Morgan fingerprint density at radius 1 is 1.23 bits per heavy atom. The van der Waals surface area contributed by atoms with Gasteiger partial charge in [-0.15, -0.1) is 0 Å². The molecule has 4 saturated carbocycles. The normalized spacial score (nSPS) is 32.6. The maximum absolute atomic E-state index is 12.2. The Morgan fingerprint density at radius 2 is 1.85 bits per heavy atom. The highest BCUT2D eigenvalue weighted by molar-refractivity contribution is 6.30. The zero-order chi connectivity index (χ0) is 18.3. The molecule has 0 aliphatic heterocycles. The maximum atomic E-state index is 12.2. The van der Waals surface area contributed by atoms with Crippen LogP contribution in [0.5, 0.6) is 5.75 Å². The van der Waals surface area contributed by atoms with Crippen LogP contribution in [0.15, 0.2) is 23.3 Å². The summed E-state index contributed by atoms with van der Waals surface area (Å²) in [6.45, 7) is 3.96. The van der Waals surface area contributed by atoms with E-state index >= 15 is 0 Å². The Bertz CT molecular complexity index is 708. The van der Waals surface area contributed by atoms with E-state index in [1.807, 2.05) is 13.0 Å². The highest BCUT2D eigenvalue weighted by Crippen LogP contribution is 2.60. The van der Waals surface area contributed by atoms with Crippen LogP contribution < -0.4 is 10.2 Å². The van der Waals surface area contributed by atoms with E-state index in [4.69, 9.17) is 16.3 Å². The molecule has 1 N–H and O–H groups in total. The van der Waals surface area contributed by atoms with Crippen LogP contribution >= 0.6 is 11.6 Å². The van der Waals surface area contributed by atoms with Gasteiger partial charge in [-0.25, -0.2) is 5.43 Å². The molecule has 4 aliphatic carbocycles. The van der Waals surface area contributed by atoms with Gasteiger partial charge in [0.1, 0.15) is 5.75 Å². The number of benzene rings is 1. The quantitative estimate of drug-likeness (QED) is 0.598. The number of amides is 1. The van der Waals surface area contributed by atoms with Crippen molar-refractivity contribution in [1.29, 1.82) is 0 Å². The van der Waals surface area contributed by atoms with Gasteiger partial charge < -0.3 is 4.74 Å². The molecule has 0 heterocycles. The van der Waals surface area contributed by atoms with E-state index < -0.39 is 0 Å². The number of hydrogen-bond donors (Lipinski definition) is 1. The minimum atomic E-state index is -0.219. The summed E-state index contributed by atoms with van der Waals surface area (Å²) in [6.07, 6.45) is 7.99. The van der Waals surface area contributed by atoms with Crippen molar-refractivity contribution in [1.82, 2.24) is 5.43 Å². The van der Waals surface area contributed by atoms with Crippen molar-refractivity contribution in [2.24, 2.45) is 28.3 Å². The second kappa shape index (κ2) is 6.88. The van der Waals surface area contributed by atoms with E-state index in [2.05, 4.69) is 17.5 Å². The van der Waals surface area contributed by atoms with Gasteiger partial charge in [-0.3, -0.25) is 4.79 Å². The van der Waals surface area contributed by atoms with E-state index in [1.54, 1.807) is 12.1 Å². The molecule has 140 valence electrons. The fourth-order valence-electron chi connectivity index (χ4n) is 5.77. The van der Waals surface area contributed by atoms with Crippen molar-refractivity contribution in [3.8, 4) is 5.75 Å². The first-order valence-electron chi connectivity index (χ1n) is 9.66. The van der Waals surface area contributed by atoms with Crippen molar-refractivity contribution < 1.29 is 9.53 Å². The molecular formula is C21H27ClN2O2. The van der Waals surface area contributed by atoms with Crippen LogP contribution in [0.4, 0.5) is 0 Å². The van der Waals surface area contributed by atoms with Gasteiger partial charge in [-0.2, -0.15) is 5.10 Å². The Kier molecular flexibility index (Phi) is 4.72. The number of nitrogens with zero attached hydrogens (tertiary/aromatic N) is 1. The number of rotatable bonds is 5. The van der Waals surface area contributed by atoms with Gasteiger partial charge in [-0.05, 0) is 93.9 Å². The van der Waals surface area contributed by atoms with Crippen LogP contribution in [-0.4, -0.2) is 18.2 Å². The third kappa shape index (κ3) is 3.48. The molecule has 0 radical (unpaired) electrons. The Hall–Kier alpha value is -1.55. The molecule has 1 amide bonds. The van der Waals surface area contributed by atoms with E-state index in [-0.39, 0.29) is 17.9 Å². The third-order valence-electron chi connectivity index (χ3n) is 6.65. The predicted molar refractivity (Wildman–Crippen MR) is 104 cm³/mol. The molecule has 4 nitrogen and oxygen atoms in total. The Morgan fingerprint density at radius 3 is 2.42 bits per heavy atom. The predicted octanol–water partition coefficient (Wildman–Crippen LogP) is 4.74. The lowest BCUT2D eigenvalue weighted by atomic mass is 9.48. The number of nitrogens with one attached hydrogen (secondary N) is 1. The highest BCUT2D eigenvalue weighted by atomic mass is 35.5. The average Bonchev–Trinajstić information content (AvgIpc) is 2.57. The summed E-state index contributed by atoms with van der Waals surface area (Å²) in [5.41, 5.74) is 4.96. The van der Waals surface area contributed by atoms with Gasteiger partial charge in [0.05, 0.1) is 0 Å². The molecule has 0 spiro atoms. The number of carbonyl (C=O) groups is 1. The molecule has 5 rings (SSSR count). The molecule has 26 heavy (non-hydrogen) atoms. The first kappa shape index (κ1) is 17.8. The topological polar surface area (TPSA) is 50.7 Å². The monoisotopic (exact) mass is 374 g/mol. The average molecular weight is 375 g/mol. The van der Waals surface area contributed by atoms with Gasteiger partial charge in [-0.1, -0.05) is 11.6 Å². The lowest BCUT2D eigenvalue weighted by Gasteiger charge is -2.56. The van der Waals surface area contributed by atoms with Crippen molar-refractivity contribution in [2.75, 3.05) is 6.61 Å². The van der Waals surface area contributed by atoms with Crippen molar-refractivity contribution in [2.45, 2.75) is 52.4 Å². The molecule has 0 saturated heterocycles. The summed E-state index contributed by atoms with van der Waals surface area (Å²) in [4.78, 5) is 12.2. The first-order valence-corrected chi connectivity index (χ1v) is 10.0. The number of halogens is 1. The smallest absolute Gasteiger partial charge is 0.277 e. The fourth-order valence-corrected chi connectivity index (χ4v) is 6.00. The van der Waals surface area contributed by atoms with E-state index in [0.29, 0.717) is 10.8 Å². The Labute approximate surface area is 160 Å². The van der Waals surface area contributed by atoms with E-state index in [1.165, 1.54) is 38.5 Å². The van der Waals surface area contributed by atoms with Crippen LogP contribution in [0.2, 0.25) is 5.02 Å². The van der Waals surface area contributed by atoms with Gasteiger partial charge >= 0.3 is 0 Å². The molecule has 0 unspecified atom stereocenters. The number of ether oxygens (including phenoxy) is 1. The zero-order valence-corrected chi connectivity index (χ0v) is 16.3. The summed E-state index contributed by atoms with van der Waals surface area (Å²) in [5.74, 6) is 3.07. The molecule has 4 aliphatic rings. The van der Waals surface area contributed by atoms with Crippen molar-refractivity contribution in [3.05, 3.63) is 28.8 Å². The van der Waals surface area contributed by atoms with Gasteiger partial charge in [0.15, 0.2) is 6.61 Å². The van der Waals surface area contributed by atoms with Gasteiger partial charge in [0.25, 0.3) is 5.91 Å². The van der Waals surface area contributed by atoms with Gasteiger partial charge in [0, 0.05) is 16.1 Å². The van der Waals surface area contributed by atoms with Crippen molar-refractivity contribution in [3.63, 3.8) is 0 Å². The second-order valence-corrected chi connectivity index (χ2v) is 9.07. The largest absolute Gasteiger partial charge is 0.483 e. The van der Waals surface area contributed by atoms with Crippen molar-refractivity contribution >= 4 is 23.2 Å². The summed E-state index contributed by atoms with van der Waals surface area (Å²) < 4.78 is 5.60. The lowest BCUT2D eigenvalue weighted by Crippen LogP contribution is -2.49. The molecule has 4 fully saturated rings. The molecule has 4 bridgehead atoms. The molecule has 0 aromatic heterocycles. The van der Waals surface area contributed by atoms with Crippen LogP contribution in [0.25, 0.3) is 0 Å². The summed E-state index contributed by atoms with van der Waals surface area (Å²) >= 11 is 5.94. The number of carbonyl (C=O) groups excluding carboxylic acids is 1. The third-order valence-corrected chi connectivity index (χ3v) is 6.88. The van der Waals surface area contributed by atoms with Crippen LogP contribution in [-0.2, 0) is 4.79 Å². The van der Waals surface area contributed by atoms with Gasteiger partial charge in [0.2, 0.25) is 0 Å². The van der Waals surface area contributed by atoms with E-state index in [0.717, 1.165) is 29.0 Å². The highest BCUT2D eigenvalue weighted by Gasteiger charge is 2.52. The lowest BCUT2D eigenvalue weighted by molar-refractivity contribution is -0.123. The standard InChI is InChI=1S/C21H27ClN2O2/c1-13-5-18(22)3-4-19(13)26-12-20(25)24-23-14(2)21-9-15-6-16(10-21)8-17(7-15)11-21/h3-5,15-17H,6-12H2,1-2H3,(H,24,25). The van der Waals surface area contributed by atoms with Crippen LogP contribution in [0.1, 0.15) is 51.0 Å². The molecule has 1 aromatic rings. The maximum Gasteiger partial charge on any atom is 0.277 e. The Balaban J connectivity index is 1.34. The minimum Gasteiger partial charge on any atom is -0.483 e. The number of aryl methyl sites for hydroxylation is 1. The first-order chi connectivity index (χ1) is 12.4. The molecular weight excluding hydrogens is 348 g/mol. The SMILES string of the molecule is CC(=NNC(=O)COc1ccc(Cl)cc1C)C12CC3CC(CC(C3)C1)C2. The number of hydrogen-bond acceptors (Lipinski definition) is 3. The van der Waals surface area contributed by atoms with Crippen LogP contribution in [0.3, 0.4) is 0 Å². The molecule has 1 aromatic carbocycles. The molecule has 0 atom stereocenters. The second-order valence-electron chi connectivity index (χ2n) is 8.63. The zero-order valence-electron chi connectivity index (χ0n) is 15.6. The number of hydrazone groups is 1. The molecule has 5 heteroatoms. The minimum absolute atomic E-state index is 0.0415. The fraction of sp³-hybridized carbons (Fsp3) is 0.619. The summed E-state index contributed by atoms with van der Waals surface area (Å²) in [5, 5.41) is 5.14. The summed E-state index contributed by atoms with van der Waals surface area (Å²) in [7, 11) is 0. The summed E-state index contributed by atoms with van der Waals surface area (Å²) in [6, 6.07) is 5.37. The van der Waals surface area contributed by atoms with E-state index in [9.17, 15) is 4.79 Å². The van der Waals surface area contributed by atoms with Crippen LogP contribution in [0, 0.1) is 30.1 Å².